The Hall–Kier alpha value is -3.22. The van der Waals surface area contributed by atoms with Gasteiger partial charge in [0.15, 0.2) is 0 Å². The van der Waals surface area contributed by atoms with E-state index in [4.69, 9.17) is 0 Å². The molecule has 0 saturated carbocycles. The van der Waals surface area contributed by atoms with Gasteiger partial charge in [0, 0.05) is 31.3 Å². The number of hydrogen-bond acceptors (Lipinski definition) is 3. The van der Waals surface area contributed by atoms with Crippen LogP contribution in [0.4, 0.5) is 10.1 Å². The van der Waals surface area contributed by atoms with Crippen LogP contribution in [-0.4, -0.2) is 42.8 Å². The molecule has 6 nitrogen and oxygen atoms in total. The fraction of sp³-hybridized carbons (Fsp3) is 0.348. The first-order chi connectivity index (χ1) is 14.1. The number of hydrogen-bond donors (Lipinski definition) is 2. The minimum absolute atomic E-state index is 0.00692. The number of anilines is 1. The maximum absolute atomic E-state index is 13.2. The average Bonchev–Trinajstić information content (AvgIpc) is 2.67. The molecule has 0 heterocycles. The largest absolute Gasteiger partial charge is 0.352 e. The third-order valence-electron chi connectivity index (χ3n) is 4.55. The zero-order valence-corrected chi connectivity index (χ0v) is 17.8. The topological polar surface area (TPSA) is 78.5 Å². The van der Waals surface area contributed by atoms with E-state index < -0.39 is 11.7 Å². The quantitative estimate of drug-likeness (QED) is 0.731. The number of benzene rings is 2. The Bertz CT molecular complexity index is 905. The summed E-state index contributed by atoms with van der Waals surface area (Å²) in [5, 5.41) is 5.25. The Balaban J connectivity index is 1.76. The molecule has 2 aromatic carbocycles. The van der Waals surface area contributed by atoms with Crippen LogP contribution in [0.25, 0.3) is 0 Å². The Labute approximate surface area is 176 Å². The second kappa shape index (κ2) is 10.0. The van der Waals surface area contributed by atoms with Gasteiger partial charge in [0.1, 0.15) is 5.82 Å². The summed E-state index contributed by atoms with van der Waals surface area (Å²) in [7, 11) is 1.50. The van der Waals surface area contributed by atoms with Gasteiger partial charge in [0.05, 0.1) is 6.54 Å². The van der Waals surface area contributed by atoms with Crippen molar-refractivity contribution in [1.29, 1.82) is 0 Å². The van der Waals surface area contributed by atoms with Gasteiger partial charge < -0.3 is 15.5 Å². The van der Waals surface area contributed by atoms with Crippen molar-refractivity contribution in [2.45, 2.75) is 32.6 Å². The highest BCUT2D eigenvalue weighted by Crippen LogP contribution is 2.22. The van der Waals surface area contributed by atoms with Gasteiger partial charge in [-0.2, -0.15) is 0 Å². The Kier molecular flexibility index (Phi) is 7.69. The van der Waals surface area contributed by atoms with E-state index in [2.05, 4.69) is 31.4 Å². The summed E-state index contributed by atoms with van der Waals surface area (Å²) >= 11 is 0. The van der Waals surface area contributed by atoms with Crippen LogP contribution in [0.5, 0.6) is 0 Å². The monoisotopic (exact) mass is 413 g/mol. The molecule has 7 heteroatoms. The molecular formula is C23H28FN3O3. The standard InChI is InChI=1S/C23H28FN3O3/c1-23(2,3)17-10-8-16(9-11-17)22(30)25-13-12-21(29)27(4)15-20(28)26-19-7-5-6-18(24)14-19/h5-11,14H,12-13,15H2,1-4H3,(H,25,30)(H,26,28). The van der Waals surface area contributed by atoms with Gasteiger partial charge >= 0.3 is 0 Å². The number of carbonyl (C=O) groups excluding carboxylic acids is 3. The van der Waals surface area contributed by atoms with Gasteiger partial charge in [0.2, 0.25) is 11.8 Å². The van der Waals surface area contributed by atoms with Crippen LogP contribution in [0.1, 0.15) is 43.1 Å². The van der Waals surface area contributed by atoms with Crippen molar-refractivity contribution in [3.63, 3.8) is 0 Å². The van der Waals surface area contributed by atoms with E-state index in [-0.39, 0.29) is 36.7 Å². The fourth-order valence-electron chi connectivity index (χ4n) is 2.77. The fourth-order valence-corrected chi connectivity index (χ4v) is 2.77. The highest BCUT2D eigenvalue weighted by Gasteiger charge is 2.16. The van der Waals surface area contributed by atoms with Crippen molar-refractivity contribution in [1.82, 2.24) is 10.2 Å². The summed E-state index contributed by atoms with van der Waals surface area (Å²) in [6.45, 7) is 6.29. The minimum atomic E-state index is -0.457. The second-order valence-electron chi connectivity index (χ2n) is 8.14. The van der Waals surface area contributed by atoms with E-state index in [1.54, 1.807) is 18.2 Å². The van der Waals surface area contributed by atoms with E-state index in [1.165, 1.54) is 30.1 Å². The molecule has 0 aliphatic rings. The van der Waals surface area contributed by atoms with Crippen LogP contribution in [0, 0.1) is 5.82 Å². The maximum atomic E-state index is 13.2. The molecule has 0 saturated heterocycles. The molecule has 0 atom stereocenters. The molecule has 0 aromatic heterocycles. The van der Waals surface area contributed by atoms with Crippen LogP contribution < -0.4 is 10.6 Å². The molecule has 0 spiro atoms. The smallest absolute Gasteiger partial charge is 0.251 e. The van der Waals surface area contributed by atoms with E-state index >= 15 is 0 Å². The van der Waals surface area contributed by atoms with E-state index in [0.717, 1.165) is 5.56 Å². The van der Waals surface area contributed by atoms with Gasteiger partial charge in [-0.15, -0.1) is 0 Å². The van der Waals surface area contributed by atoms with Gasteiger partial charge in [-0.25, -0.2) is 4.39 Å². The molecule has 0 aliphatic carbocycles. The van der Waals surface area contributed by atoms with Crippen molar-refractivity contribution in [3.8, 4) is 0 Å². The molecule has 30 heavy (non-hydrogen) atoms. The van der Waals surface area contributed by atoms with Crippen molar-refractivity contribution in [2.24, 2.45) is 0 Å². The summed E-state index contributed by atoms with van der Waals surface area (Å²) in [5.41, 5.74) is 1.99. The summed E-state index contributed by atoms with van der Waals surface area (Å²) in [5.74, 6) is -1.43. The van der Waals surface area contributed by atoms with Crippen molar-refractivity contribution in [3.05, 3.63) is 65.5 Å². The number of likely N-dealkylation sites (N-methyl/N-ethyl adjacent to an activating group) is 1. The summed E-state index contributed by atoms with van der Waals surface area (Å²) in [4.78, 5) is 37.7. The van der Waals surface area contributed by atoms with E-state index in [9.17, 15) is 18.8 Å². The average molecular weight is 413 g/mol. The summed E-state index contributed by atoms with van der Waals surface area (Å²) in [6.07, 6.45) is 0.0650. The Morgan fingerprint density at radius 3 is 2.30 bits per heavy atom. The van der Waals surface area contributed by atoms with Crippen LogP contribution in [0.3, 0.4) is 0 Å². The number of carbonyl (C=O) groups is 3. The number of rotatable bonds is 7. The molecule has 2 N–H and O–H groups in total. The SMILES string of the molecule is CN(CC(=O)Nc1cccc(F)c1)C(=O)CCNC(=O)c1ccc(C(C)(C)C)cc1. The van der Waals surface area contributed by atoms with Gasteiger partial charge in [-0.1, -0.05) is 39.0 Å². The highest BCUT2D eigenvalue weighted by molar-refractivity contribution is 5.95. The number of amides is 3. The van der Waals surface area contributed by atoms with Crippen molar-refractivity contribution < 1.29 is 18.8 Å². The molecular weight excluding hydrogens is 385 g/mol. The molecule has 0 bridgehead atoms. The predicted octanol–water partition coefficient (Wildman–Crippen LogP) is 3.34. The second-order valence-corrected chi connectivity index (χ2v) is 8.14. The number of halogens is 1. The van der Waals surface area contributed by atoms with E-state index in [1.807, 2.05) is 12.1 Å². The first-order valence-electron chi connectivity index (χ1n) is 9.74. The molecule has 0 radical (unpaired) electrons. The first-order valence-corrected chi connectivity index (χ1v) is 9.74. The highest BCUT2D eigenvalue weighted by atomic mass is 19.1. The Morgan fingerprint density at radius 1 is 1.03 bits per heavy atom. The van der Waals surface area contributed by atoms with Gasteiger partial charge in [0.25, 0.3) is 5.91 Å². The molecule has 2 rings (SSSR count). The molecule has 0 unspecified atom stereocenters. The van der Waals surface area contributed by atoms with E-state index in [0.29, 0.717) is 11.3 Å². The number of nitrogens with one attached hydrogen (secondary N) is 2. The van der Waals surface area contributed by atoms with Crippen LogP contribution >= 0.6 is 0 Å². The van der Waals surface area contributed by atoms with Crippen molar-refractivity contribution in [2.75, 3.05) is 25.5 Å². The lowest BCUT2D eigenvalue weighted by atomic mass is 9.87. The lowest BCUT2D eigenvalue weighted by Gasteiger charge is -2.19. The lowest BCUT2D eigenvalue weighted by molar-refractivity contribution is -0.133. The lowest BCUT2D eigenvalue weighted by Crippen LogP contribution is -2.37. The third kappa shape index (κ3) is 6.99. The third-order valence-corrected chi connectivity index (χ3v) is 4.55. The molecule has 3 amide bonds. The maximum Gasteiger partial charge on any atom is 0.251 e. The predicted molar refractivity (Wildman–Crippen MR) is 115 cm³/mol. The first kappa shape index (κ1) is 23.1. The summed E-state index contributed by atoms with van der Waals surface area (Å²) in [6, 6.07) is 12.9. The van der Waals surface area contributed by atoms with Crippen LogP contribution in [0.2, 0.25) is 0 Å². The molecule has 2 aromatic rings. The van der Waals surface area contributed by atoms with Crippen molar-refractivity contribution >= 4 is 23.4 Å². The molecule has 0 aliphatic heterocycles. The number of nitrogens with zero attached hydrogens (tertiary/aromatic N) is 1. The zero-order chi connectivity index (χ0) is 22.3. The van der Waals surface area contributed by atoms with Crippen LogP contribution in [-0.2, 0) is 15.0 Å². The van der Waals surface area contributed by atoms with Crippen LogP contribution in [0.15, 0.2) is 48.5 Å². The normalized spacial score (nSPS) is 11.0. The minimum Gasteiger partial charge on any atom is -0.352 e. The Morgan fingerprint density at radius 2 is 1.70 bits per heavy atom. The zero-order valence-electron chi connectivity index (χ0n) is 17.8. The van der Waals surface area contributed by atoms with Gasteiger partial charge in [-0.3, -0.25) is 14.4 Å². The molecule has 160 valence electrons. The summed E-state index contributed by atoms with van der Waals surface area (Å²) < 4.78 is 13.2. The van der Waals surface area contributed by atoms with Gasteiger partial charge in [-0.05, 0) is 41.3 Å². The molecule has 0 fully saturated rings.